The van der Waals surface area contributed by atoms with E-state index in [1.165, 1.54) is 64.8 Å². The first-order chi connectivity index (χ1) is 57.4. The van der Waals surface area contributed by atoms with Crippen molar-refractivity contribution in [2.24, 2.45) is 0 Å². The van der Waals surface area contributed by atoms with Crippen LogP contribution >= 0.6 is 117 Å². The smallest absolute Gasteiger partial charge is 0.339 e. The summed E-state index contributed by atoms with van der Waals surface area (Å²) in [5, 5.41) is 70.6. The Kier molecular flexibility index (Phi) is 48.6. The van der Waals surface area contributed by atoms with Gasteiger partial charge in [-0.15, -0.1) is 0 Å². The number of carbonyl (C=O) groups is 4. The van der Waals surface area contributed by atoms with Crippen LogP contribution in [0.4, 0.5) is 67.0 Å². The van der Waals surface area contributed by atoms with E-state index in [4.69, 9.17) is 113 Å². The summed E-state index contributed by atoms with van der Waals surface area (Å²) in [6, 6.07) is 12.6. The molecule has 6 aromatic rings. The van der Waals surface area contributed by atoms with E-state index in [9.17, 15) is 74.1 Å². The summed E-state index contributed by atoms with van der Waals surface area (Å²) in [6.07, 6.45) is -0.127. The summed E-state index contributed by atoms with van der Waals surface area (Å²) < 4.78 is 56.8. The van der Waals surface area contributed by atoms with Crippen molar-refractivity contribution in [3.05, 3.63) is 188 Å². The second kappa shape index (κ2) is 52.9. The molecule has 124 heavy (non-hydrogen) atoms. The molecule has 6 aromatic carbocycles. The summed E-state index contributed by atoms with van der Waals surface area (Å²) in [6.45, 7) is 37.9. The van der Waals surface area contributed by atoms with Crippen LogP contribution in [0.2, 0.25) is 30.1 Å². The molecule has 0 aromatic heterocycles. The summed E-state index contributed by atoms with van der Waals surface area (Å²) in [4.78, 5) is 101. The van der Waals surface area contributed by atoms with Gasteiger partial charge in [0, 0.05) is 98.7 Å². The van der Waals surface area contributed by atoms with Crippen molar-refractivity contribution >= 4 is 204 Å². The quantitative estimate of drug-likeness (QED) is 0.00570. The normalized spacial score (nSPS) is 12.1. The van der Waals surface area contributed by atoms with Gasteiger partial charge in [0.2, 0.25) is 5.82 Å². The Balaban J connectivity index is 0.000000755. The number of ether oxygens (including phenoxy) is 8. The van der Waals surface area contributed by atoms with Crippen LogP contribution in [-0.4, -0.2) is 132 Å². The van der Waals surface area contributed by atoms with Gasteiger partial charge >= 0.3 is 29.6 Å². The summed E-state index contributed by atoms with van der Waals surface area (Å²) >= 11 is 46.6. The maximum atomic E-state index is 12.9. The minimum atomic E-state index is -1.13. The Bertz CT molecular complexity index is 4600. The number of hydrogen-bond acceptors (Lipinski definition) is 28. The highest BCUT2D eigenvalue weighted by atomic mass is 79.9. The number of nitrogens with zero attached hydrogens (tertiary/aromatic N) is 5. The van der Waals surface area contributed by atoms with Crippen molar-refractivity contribution in [1.29, 1.82) is 0 Å². The number of nitro benzene ring substituents is 5. The number of esters is 4. The molecule has 0 heterocycles. The fourth-order valence-electron chi connectivity index (χ4n) is 10.5. The Labute approximate surface area is 776 Å². The number of nitro groups is 5. The molecule has 0 aliphatic heterocycles. The van der Waals surface area contributed by atoms with Gasteiger partial charge in [0.15, 0.2) is 24.4 Å². The number of nitrogens with one attached hydrogen (secondary N) is 5. The maximum Gasteiger partial charge on any atom is 0.339 e. The summed E-state index contributed by atoms with van der Waals surface area (Å²) in [7, 11) is 5.08. The molecule has 0 saturated carbocycles. The molecule has 0 spiro atoms. The van der Waals surface area contributed by atoms with Crippen LogP contribution in [0.1, 0.15) is 208 Å². The molecule has 0 aliphatic rings. The standard InChI is InChI=1S/C17H25ClN2O5.C17H27ClN2O3.C16H22BrClN2O5.C16H23ClN2O5.C9H10BrClN2O2.C6H2BrClFNO2/c1-7-8-19-14-11(20(22)23)9-10(2)12(13(14)18)15(16(21)24-6)25-17(3,4)5;1-7-8-20-14-11(19)9-10(2)12(13(14)18)15(16(21)22-6)23-17(3,4)5;1-6-7-19-13-10(20(22)23)8-9(17)11(12(13)18)14(15(21)24-5)25-16(2,3)4;1-6-9-18-13-11(19(21)22)8-7-10(12(13)17)14(15(20)23-5)24-16(2,3)4;1-2-5-12-9-7(13(14)15)4-3-6(10)8(9)11;7-3-1-2-4(10(11)12)6(9)5(3)8/h9,15,19H,7-8H2,1-6H3;9,15,20H,7-8,19H2,1-6H3;8,14,19H,6-7H2,1-5H3;7-8,14,18H,6,9H2,1-5H3;3-4,12H,2,5H2,1H3;1-2H. The van der Waals surface area contributed by atoms with E-state index in [0.29, 0.717) is 89.0 Å². The molecule has 690 valence electrons. The van der Waals surface area contributed by atoms with Crippen LogP contribution < -0.4 is 32.3 Å². The van der Waals surface area contributed by atoms with Gasteiger partial charge < -0.3 is 70.2 Å². The number of carbonyl (C=O) groups excluding carboxylic acids is 4. The molecule has 43 heteroatoms. The van der Waals surface area contributed by atoms with Crippen LogP contribution in [0, 0.1) is 70.2 Å². The number of nitrogens with two attached hydrogens (primary N) is 1. The monoisotopic (exact) mass is 2050 g/mol. The van der Waals surface area contributed by atoms with Crippen molar-refractivity contribution in [2.75, 3.05) is 93.5 Å². The number of aryl methyl sites for hydroxylation is 2. The van der Waals surface area contributed by atoms with Crippen LogP contribution in [0.15, 0.2) is 68.0 Å². The predicted octanol–water partition coefficient (Wildman–Crippen LogP) is 24.4. The van der Waals surface area contributed by atoms with Gasteiger partial charge in [-0.3, -0.25) is 50.6 Å². The van der Waals surface area contributed by atoms with Gasteiger partial charge in [-0.1, -0.05) is 120 Å². The Hall–Kier alpha value is -8.05. The first kappa shape index (κ1) is 114. The average Bonchev–Trinajstić information content (AvgIpc) is 0.788. The largest absolute Gasteiger partial charge is 0.467 e. The molecule has 0 fully saturated rings. The molecular weight excluding hydrogens is 1950 g/mol. The number of hydrogen-bond donors (Lipinski definition) is 6. The summed E-state index contributed by atoms with van der Waals surface area (Å²) in [5.74, 6) is -3.39. The van der Waals surface area contributed by atoms with E-state index in [-0.39, 0.29) is 65.5 Å². The minimum absolute atomic E-state index is 0.00310. The topological polar surface area (TPSA) is 444 Å². The van der Waals surface area contributed by atoms with Crippen LogP contribution in [-0.2, 0) is 57.1 Å². The van der Waals surface area contributed by atoms with E-state index < -0.39 is 107 Å². The van der Waals surface area contributed by atoms with E-state index in [1.807, 2.05) is 62.3 Å². The summed E-state index contributed by atoms with van der Waals surface area (Å²) in [5.41, 5.74) is 7.35. The second-order valence-corrected chi connectivity index (χ2v) is 35.3. The lowest BCUT2D eigenvalue weighted by atomic mass is 9.99. The minimum Gasteiger partial charge on any atom is -0.467 e. The molecular formula is C81H109Br3Cl6FN11O22. The second-order valence-electron chi connectivity index (χ2n) is 30.4. The third kappa shape index (κ3) is 35.3. The molecule has 7 N–H and O–H groups in total. The lowest BCUT2D eigenvalue weighted by Gasteiger charge is -2.28. The first-order valence-electron chi connectivity index (χ1n) is 38.2. The lowest BCUT2D eigenvalue weighted by molar-refractivity contribution is -0.387. The Morgan fingerprint density at radius 2 is 0.645 bits per heavy atom. The third-order valence-corrected chi connectivity index (χ3v) is 20.6. The zero-order chi connectivity index (χ0) is 95.7. The third-order valence-electron chi connectivity index (χ3n) is 15.9. The maximum absolute atomic E-state index is 12.9. The first-order valence-corrected chi connectivity index (χ1v) is 42.9. The fourth-order valence-corrected chi connectivity index (χ4v) is 13.8. The van der Waals surface area contributed by atoms with Gasteiger partial charge in [-0.2, -0.15) is 4.39 Å². The number of nitrogen functional groups attached to an aromatic ring is 1. The van der Waals surface area contributed by atoms with Crippen LogP contribution in [0.3, 0.4) is 0 Å². The highest BCUT2D eigenvalue weighted by Gasteiger charge is 2.39. The van der Waals surface area contributed by atoms with E-state index in [0.717, 1.165) is 50.3 Å². The van der Waals surface area contributed by atoms with Crippen molar-refractivity contribution < 1.29 is 86.1 Å². The van der Waals surface area contributed by atoms with Crippen molar-refractivity contribution in [3.63, 3.8) is 0 Å². The fraction of sp³-hybridized carbons (Fsp3) is 0.506. The van der Waals surface area contributed by atoms with Crippen molar-refractivity contribution in [1.82, 2.24) is 0 Å². The number of rotatable bonds is 32. The molecule has 0 aliphatic carbocycles. The van der Waals surface area contributed by atoms with Crippen molar-refractivity contribution in [2.45, 2.75) is 210 Å². The van der Waals surface area contributed by atoms with Gasteiger partial charge in [-0.25, -0.2) is 19.2 Å². The molecule has 33 nitrogen and oxygen atoms in total. The molecule has 6 rings (SSSR count). The molecule has 0 amide bonds. The van der Waals surface area contributed by atoms with E-state index in [1.54, 1.807) is 81.4 Å². The van der Waals surface area contributed by atoms with Gasteiger partial charge in [-0.05, 0) is 196 Å². The molecule has 0 saturated heterocycles. The van der Waals surface area contributed by atoms with Crippen molar-refractivity contribution in [3.8, 4) is 0 Å². The van der Waals surface area contributed by atoms with E-state index >= 15 is 0 Å². The number of halogens is 10. The van der Waals surface area contributed by atoms with Gasteiger partial charge in [0.1, 0.15) is 22.7 Å². The predicted molar refractivity (Wildman–Crippen MR) is 495 cm³/mol. The zero-order valence-electron chi connectivity index (χ0n) is 73.2. The van der Waals surface area contributed by atoms with Gasteiger partial charge in [0.05, 0.1) is 117 Å². The highest BCUT2D eigenvalue weighted by Crippen LogP contribution is 2.48. The SMILES string of the molecule is CCCNc1c(N)cc(C)c(C(OC(C)(C)C)C(=O)OC)c1Cl.CCCNc1c([N+](=O)[O-])cc(Br)c(C(OC(C)(C)C)C(=O)OC)c1Cl.CCCNc1c([N+](=O)[O-])cc(C)c(C(OC(C)(C)C)C(=O)OC)c1Cl.CCCNc1c([N+](=O)[O-])ccc(Br)c1Cl.CCCNc1c([N+](=O)[O-])ccc(C(OC(C)(C)C)C(=O)OC)c1Cl.O=[N+]([O-])c1ccc(Br)c(Cl)c1F. The zero-order valence-corrected chi connectivity index (χ0v) is 82.4. The van der Waals surface area contributed by atoms with Gasteiger partial charge in [0.25, 0.3) is 22.7 Å². The number of methoxy groups -OCH3 is 4. The Morgan fingerprint density at radius 1 is 0.379 bits per heavy atom. The van der Waals surface area contributed by atoms with E-state index in [2.05, 4.69) is 74.4 Å². The molecule has 0 radical (unpaired) electrons. The molecule has 4 atom stereocenters. The Morgan fingerprint density at radius 3 is 0.984 bits per heavy atom. The van der Waals surface area contributed by atoms with Crippen LogP contribution in [0.5, 0.6) is 0 Å². The number of benzene rings is 6. The molecule has 4 unspecified atom stereocenters. The molecule has 0 bridgehead atoms. The van der Waals surface area contributed by atoms with Crippen LogP contribution in [0.25, 0.3) is 0 Å². The lowest BCUT2D eigenvalue weighted by Crippen LogP contribution is -2.29. The average molecular weight is 2060 g/mol. The number of anilines is 6. The highest BCUT2D eigenvalue weighted by molar-refractivity contribution is 9.11.